The number of hydrogen-bond acceptors (Lipinski definition) is 4. The van der Waals surface area contributed by atoms with E-state index >= 15 is 0 Å². The number of nitrogens with zero attached hydrogens (tertiary/aromatic N) is 1. The van der Waals surface area contributed by atoms with Crippen molar-refractivity contribution in [1.82, 2.24) is 4.90 Å². The van der Waals surface area contributed by atoms with Gasteiger partial charge in [-0.25, -0.2) is 4.79 Å². The minimum absolute atomic E-state index is 0.233. The van der Waals surface area contributed by atoms with Crippen LogP contribution in [0.5, 0.6) is 0 Å². The van der Waals surface area contributed by atoms with E-state index in [1.165, 1.54) is 11.1 Å². The van der Waals surface area contributed by atoms with E-state index < -0.39 is 12.3 Å². The molecule has 3 rings (SSSR count). The molecule has 2 atom stereocenters. The Morgan fingerprint density at radius 3 is 1.81 bits per heavy atom. The second kappa shape index (κ2) is 11.7. The standard InChI is InChI=1S/C27H29NO3/c1-3-25(31-27(29)30-4-2)26(24-18-12-7-13-19-24)28(20-22-14-8-5-9-15-22)21-23-16-10-6-11-17-23/h3,5-19,25-26H,1,4,20-21H2,2H3/t25?,26-/m1/s1. The van der Waals surface area contributed by atoms with Gasteiger partial charge in [0.05, 0.1) is 12.6 Å². The molecular weight excluding hydrogens is 386 g/mol. The molecule has 4 heteroatoms. The maximum Gasteiger partial charge on any atom is 0.508 e. The predicted octanol–water partition coefficient (Wildman–Crippen LogP) is 6.16. The number of carbonyl (C=O) groups is 1. The van der Waals surface area contributed by atoms with Gasteiger partial charge in [0.2, 0.25) is 0 Å². The molecule has 0 N–H and O–H groups in total. The van der Waals surface area contributed by atoms with E-state index in [2.05, 4.69) is 47.9 Å². The molecule has 0 amide bonds. The summed E-state index contributed by atoms with van der Waals surface area (Å²) >= 11 is 0. The van der Waals surface area contributed by atoms with Crippen molar-refractivity contribution in [3.05, 3.63) is 120 Å². The molecule has 0 saturated heterocycles. The Hall–Kier alpha value is -3.37. The van der Waals surface area contributed by atoms with Crippen LogP contribution in [-0.2, 0) is 22.6 Å². The summed E-state index contributed by atoms with van der Waals surface area (Å²) in [6, 6.07) is 30.4. The van der Waals surface area contributed by atoms with Crippen molar-refractivity contribution in [3.8, 4) is 0 Å². The van der Waals surface area contributed by atoms with E-state index in [0.717, 1.165) is 5.56 Å². The van der Waals surface area contributed by atoms with Crippen molar-refractivity contribution in [2.24, 2.45) is 0 Å². The van der Waals surface area contributed by atoms with Gasteiger partial charge in [0, 0.05) is 13.1 Å². The van der Waals surface area contributed by atoms with Gasteiger partial charge < -0.3 is 9.47 Å². The lowest BCUT2D eigenvalue weighted by Crippen LogP contribution is -2.37. The molecule has 0 aliphatic heterocycles. The number of benzene rings is 3. The Morgan fingerprint density at radius 1 is 0.871 bits per heavy atom. The number of ether oxygens (including phenoxy) is 2. The number of hydrogen-bond donors (Lipinski definition) is 0. The van der Waals surface area contributed by atoms with Gasteiger partial charge in [-0.1, -0.05) is 97.6 Å². The Kier molecular flexibility index (Phi) is 8.44. The fourth-order valence-electron chi connectivity index (χ4n) is 3.65. The monoisotopic (exact) mass is 415 g/mol. The molecule has 0 bridgehead atoms. The molecule has 0 fully saturated rings. The van der Waals surface area contributed by atoms with Gasteiger partial charge in [-0.15, -0.1) is 0 Å². The molecule has 0 saturated carbocycles. The molecular formula is C27H29NO3. The Balaban J connectivity index is 2.00. The SMILES string of the molecule is C=CC(OC(=O)OCC)[C@@H](c1ccccc1)N(Cc1ccccc1)Cc1ccccc1. The third kappa shape index (κ3) is 6.56. The maximum absolute atomic E-state index is 12.2. The van der Waals surface area contributed by atoms with E-state index in [9.17, 15) is 4.79 Å². The van der Waals surface area contributed by atoms with Crippen LogP contribution in [0, 0.1) is 0 Å². The largest absolute Gasteiger partial charge is 0.508 e. The molecule has 3 aromatic rings. The Labute approximate surface area is 184 Å². The zero-order valence-electron chi connectivity index (χ0n) is 17.9. The fourth-order valence-corrected chi connectivity index (χ4v) is 3.65. The minimum atomic E-state index is -0.687. The van der Waals surface area contributed by atoms with E-state index in [4.69, 9.17) is 9.47 Å². The second-order valence-electron chi connectivity index (χ2n) is 7.23. The molecule has 160 valence electrons. The van der Waals surface area contributed by atoms with Crippen LogP contribution in [0.1, 0.15) is 29.7 Å². The van der Waals surface area contributed by atoms with Gasteiger partial charge in [0.25, 0.3) is 0 Å². The first kappa shape index (κ1) is 22.3. The van der Waals surface area contributed by atoms with Gasteiger partial charge >= 0.3 is 6.16 Å². The summed E-state index contributed by atoms with van der Waals surface area (Å²) in [5.74, 6) is 0. The summed E-state index contributed by atoms with van der Waals surface area (Å²) in [6.45, 7) is 7.35. The lowest BCUT2D eigenvalue weighted by molar-refractivity contribution is 0.000732. The van der Waals surface area contributed by atoms with Crippen molar-refractivity contribution in [2.75, 3.05) is 6.61 Å². The molecule has 1 unspecified atom stereocenters. The fraction of sp³-hybridized carbons (Fsp3) is 0.222. The number of rotatable bonds is 10. The van der Waals surface area contributed by atoms with Crippen LogP contribution in [0.4, 0.5) is 4.79 Å². The molecule has 0 spiro atoms. The highest BCUT2D eigenvalue weighted by Crippen LogP contribution is 2.31. The molecule has 3 aromatic carbocycles. The first-order valence-electron chi connectivity index (χ1n) is 10.5. The van der Waals surface area contributed by atoms with Crippen LogP contribution >= 0.6 is 0 Å². The lowest BCUT2D eigenvalue weighted by Gasteiger charge is -2.36. The molecule has 0 aromatic heterocycles. The zero-order chi connectivity index (χ0) is 21.9. The highest BCUT2D eigenvalue weighted by molar-refractivity contribution is 5.60. The Morgan fingerprint density at radius 2 is 1.35 bits per heavy atom. The summed E-state index contributed by atoms with van der Waals surface area (Å²) in [5.41, 5.74) is 3.40. The first-order chi connectivity index (χ1) is 15.2. The van der Waals surface area contributed by atoms with E-state index in [-0.39, 0.29) is 12.6 Å². The van der Waals surface area contributed by atoms with E-state index in [1.54, 1.807) is 13.0 Å². The highest BCUT2D eigenvalue weighted by Gasteiger charge is 2.31. The van der Waals surface area contributed by atoms with Crippen molar-refractivity contribution in [3.63, 3.8) is 0 Å². The van der Waals surface area contributed by atoms with Crippen molar-refractivity contribution < 1.29 is 14.3 Å². The smallest absolute Gasteiger partial charge is 0.435 e. The van der Waals surface area contributed by atoms with Crippen molar-refractivity contribution in [1.29, 1.82) is 0 Å². The summed E-state index contributed by atoms with van der Waals surface area (Å²) in [4.78, 5) is 14.5. The molecule has 0 radical (unpaired) electrons. The summed E-state index contributed by atoms with van der Waals surface area (Å²) in [7, 11) is 0. The van der Waals surface area contributed by atoms with Crippen molar-refractivity contribution >= 4 is 6.16 Å². The van der Waals surface area contributed by atoms with Gasteiger partial charge in [-0.3, -0.25) is 4.90 Å². The molecule has 0 aliphatic rings. The zero-order valence-corrected chi connectivity index (χ0v) is 17.9. The molecule has 0 aliphatic carbocycles. The van der Waals surface area contributed by atoms with Crippen LogP contribution in [0.3, 0.4) is 0 Å². The Bertz CT molecular complexity index is 887. The van der Waals surface area contributed by atoms with Gasteiger partial charge in [-0.2, -0.15) is 0 Å². The first-order valence-corrected chi connectivity index (χ1v) is 10.5. The molecule has 4 nitrogen and oxygen atoms in total. The predicted molar refractivity (Wildman–Crippen MR) is 123 cm³/mol. The highest BCUT2D eigenvalue weighted by atomic mass is 16.7. The van der Waals surface area contributed by atoms with Crippen molar-refractivity contribution in [2.45, 2.75) is 32.2 Å². The third-order valence-electron chi connectivity index (χ3n) is 5.03. The average molecular weight is 416 g/mol. The second-order valence-corrected chi connectivity index (χ2v) is 7.23. The lowest BCUT2D eigenvalue weighted by atomic mass is 9.97. The normalized spacial score (nSPS) is 12.7. The molecule has 0 heterocycles. The minimum Gasteiger partial charge on any atom is -0.435 e. The van der Waals surface area contributed by atoms with Crippen LogP contribution in [0.15, 0.2) is 104 Å². The van der Waals surface area contributed by atoms with Gasteiger partial charge in [0.15, 0.2) is 0 Å². The van der Waals surface area contributed by atoms with Crippen LogP contribution in [-0.4, -0.2) is 23.8 Å². The summed E-state index contributed by atoms with van der Waals surface area (Å²) in [6.07, 6.45) is 0.416. The average Bonchev–Trinajstić information content (AvgIpc) is 2.81. The quantitative estimate of drug-likeness (QED) is 0.294. The summed E-state index contributed by atoms with van der Waals surface area (Å²) in [5, 5.41) is 0. The third-order valence-corrected chi connectivity index (χ3v) is 5.03. The molecule has 31 heavy (non-hydrogen) atoms. The van der Waals surface area contributed by atoms with Gasteiger partial charge in [-0.05, 0) is 29.7 Å². The van der Waals surface area contributed by atoms with Gasteiger partial charge in [0.1, 0.15) is 6.10 Å². The van der Waals surface area contributed by atoms with E-state index in [0.29, 0.717) is 13.1 Å². The topological polar surface area (TPSA) is 38.8 Å². The summed E-state index contributed by atoms with van der Waals surface area (Å²) < 4.78 is 10.7. The van der Waals surface area contributed by atoms with Crippen LogP contribution in [0.2, 0.25) is 0 Å². The number of carbonyl (C=O) groups excluding carboxylic acids is 1. The van der Waals surface area contributed by atoms with Crippen LogP contribution < -0.4 is 0 Å². The van der Waals surface area contributed by atoms with E-state index in [1.807, 2.05) is 54.6 Å². The maximum atomic E-state index is 12.2. The van der Waals surface area contributed by atoms with Crippen LogP contribution in [0.25, 0.3) is 0 Å².